The molecule has 7 heteroatoms. The van der Waals surface area contributed by atoms with Gasteiger partial charge in [-0.2, -0.15) is 0 Å². The van der Waals surface area contributed by atoms with Gasteiger partial charge >= 0.3 is 0 Å². The number of carbonyl (C=O) groups is 1. The molecule has 0 fully saturated rings. The highest BCUT2D eigenvalue weighted by molar-refractivity contribution is 6.00. The quantitative estimate of drug-likeness (QED) is 0.625. The summed E-state index contributed by atoms with van der Waals surface area (Å²) >= 11 is 0. The van der Waals surface area contributed by atoms with Crippen LogP contribution in [0.1, 0.15) is 15.9 Å². The van der Waals surface area contributed by atoms with Crippen molar-refractivity contribution in [2.75, 3.05) is 26.0 Å². The van der Waals surface area contributed by atoms with Crippen LogP contribution in [-0.4, -0.2) is 41.9 Å². The number of pyridine rings is 1. The third-order valence-corrected chi connectivity index (χ3v) is 3.42. The van der Waals surface area contributed by atoms with E-state index in [1.807, 2.05) is 12.1 Å². The zero-order valence-corrected chi connectivity index (χ0v) is 13.3. The van der Waals surface area contributed by atoms with Crippen molar-refractivity contribution >= 4 is 17.3 Å². The average molecular weight is 314 g/mol. The van der Waals surface area contributed by atoms with Gasteiger partial charge in [0.25, 0.3) is 11.6 Å². The molecular formula is C16H18N4O3. The fourth-order valence-electron chi connectivity index (χ4n) is 2.24. The van der Waals surface area contributed by atoms with Crippen molar-refractivity contribution in [2.24, 2.45) is 0 Å². The minimum Gasteiger partial charge on any atom is -0.377 e. The first-order valence-electron chi connectivity index (χ1n) is 7.00. The van der Waals surface area contributed by atoms with E-state index in [4.69, 9.17) is 0 Å². The molecule has 0 spiro atoms. The monoisotopic (exact) mass is 314 g/mol. The maximum Gasteiger partial charge on any atom is 0.270 e. The number of amides is 1. The number of hydrogen-bond acceptors (Lipinski definition) is 5. The Balaban J connectivity index is 2.32. The molecule has 7 nitrogen and oxygen atoms in total. The molecular weight excluding hydrogens is 296 g/mol. The number of non-ortho nitro benzene ring substituents is 1. The number of anilines is 1. The minimum atomic E-state index is -0.501. The molecule has 1 aromatic heterocycles. The standard InChI is InChI=1S/C16H18N4O3/c1-18(2)15-5-4-13(20(22)23)10-14(15)16(21)19(3)11-12-6-8-17-9-7-12/h4-10H,11H2,1-3H3. The van der Waals surface area contributed by atoms with Crippen LogP contribution >= 0.6 is 0 Å². The Kier molecular flexibility index (Phi) is 4.90. The lowest BCUT2D eigenvalue weighted by molar-refractivity contribution is -0.384. The van der Waals surface area contributed by atoms with Crippen molar-refractivity contribution < 1.29 is 9.72 Å². The lowest BCUT2D eigenvalue weighted by atomic mass is 10.1. The first-order chi connectivity index (χ1) is 10.9. The highest BCUT2D eigenvalue weighted by Crippen LogP contribution is 2.25. The van der Waals surface area contributed by atoms with Gasteiger partial charge in [-0.3, -0.25) is 19.9 Å². The van der Waals surface area contributed by atoms with Crippen molar-refractivity contribution in [3.8, 4) is 0 Å². The molecule has 1 amide bonds. The predicted octanol–water partition coefficient (Wildman–Crippen LogP) is 2.33. The second-order valence-corrected chi connectivity index (χ2v) is 5.37. The Morgan fingerprint density at radius 2 is 1.83 bits per heavy atom. The molecule has 0 N–H and O–H groups in total. The number of aromatic nitrogens is 1. The van der Waals surface area contributed by atoms with Gasteiger partial charge in [-0.1, -0.05) is 0 Å². The van der Waals surface area contributed by atoms with Crippen molar-refractivity contribution in [2.45, 2.75) is 6.54 Å². The van der Waals surface area contributed by atoms with E-state index in [1.54, 1.807) is 44.5 Å². The smallest absolute Gasteiger partial charge is 0.270 e. The van der Waals surface area contributed by atoms with Gasteiger partial charge in [0.05, 0.1) is 10.5 Å². The van der Waals surface area contributed by atoms with E-state index in [1.165, 1.54) is 17.0 Å². The van der Waals surface area contributed by atoms with Crippen molar-refractivity contribution in [3.63, 3.8) is 0 Å². The van der Waals surface area contributed by atoms with Gasteiger partial charge in [0.1, 0.15) is 0 Å². The van der Waals surface area contributed by atoms with E-state index < -0.39 is 4.92 Å². The fourth-order valence-corrected chi connectivity index (χ4v) is 2.24. The SMILES string of the molecule is CN(Cc1ccncc1)C(=O)c1cc([N+](=O)[O-])ccc1N(C)C. The summed E-state index contributed by atoms with van der Waals surface area (Å²) in [6.45, 7) is 0.400. The molecule has 0 unspecified atom stereocenters. The summed E-state index contributed by atoms with van der Waals surface area (Å²) in [5.41, 5.74) is 1.78. The number of nitro groups is 1. The molecule has 0 atom stereocenters. The first kappa shape index (κ1) is 16.4. The summed E-state index contributed by atoms with van der Waals surface area (Å²) < 4.78 is 0. The molecule has 0 saturated heterocycles. The third kappa shape index (κ3) is 3.82. The number of carbonyl (C=O) groups excluding carboxylic acids is 1. The summed E-state index contributed by atoms with van der Waals surface area (Å²) in [5, 5.41) is 11.0. The van der Waals surface area contributed by atoms with Gasteiger partial charge in [-0.05, 0) is 23.8 Å². The molecule has 0 saturated carbocycles. The maximum absolute atomic E-state index is 12.7. The summed E-state index contributed by atoms with van der Waals surface area (Å²) in [6, 6.07) is 7.95. The van der Waals surface area contributed by atoms with Gasteiger partial charge in [-0.25, -0.2) is 0 Å². The van der Waals surface area contributed by atoms with Crippen LogP contribution in [-0.2, 0) is 6.54 Å². The van der Waals surface area contributed by atoms with Gasteiger partial charge < -0.3 is 9.80 Å². The topological polar surface area (TPSA) is 79.6 Å². The fraction of sp³-hybridized carbons (Fsp3) is 0.250. The second-order valence-electron chi connectivity index (χ2n) is 5.37. The molecule has 1 heterocycles. The van der Waals surface area contributed by atoms with Gasteiger partial charge in [0.2, 0.25) is 0 Å². The maximum atomic E-state index is 12.7. The predicted molar refractivity (Wildman–Crippen MR) is 87.5 cm³/mol. The number of nitrogens with zero attached hydrogens (tertiary/aromatic N) is 4. The van der Waals surface area contributed by atoms with Crippen LogP contribution in [0.4, 0.5) is 11.4 Å². The number of nitro benzene ring substituents is 1. The van der Waals surface area contributed by atoms with E-state index in [9.17, 15) is 14.9 Å². The number of rotatable bonds is 5. The van der Waals surface area contributed by atoms with Crippen LogP contribution in [0.2, 0.25) is 0 Å². The zero-order chi connectivity index (χ0) is 17.0. The third-order valence-electron chi connectivity index (χ3n) is 3.42. The van der Waals surface area contributed by atoms with Gasteiger partial charge in [0, 0.05) is 57.9 Å². The second kappa shape index (κ2) is 6.87. The lowest BCUT2D eigenvalue weighted by Gasteiger charge is -2.22. The first-order valence-corrected chi connectivity index (χ1v) is 7.00. The van der Waals surface area contributed by atoms with E-state index in [0.717, 1.165) is 5.56 Å². The van der Waals surface area contributed by atoms with Crippen molar-refractivity contribution in [1.82, 2.24) is 9.88 Å². The van der Waals surface area contributed by atoms with Crippen LogP contribution < -0.4 is 4.90 Å². The Morgan fingerprint density at radius 1 is 1.17 bits per heavy atom. The van der Waals surface area contributed by atoms with Crippen molar-refractivity contribution in [1.29, 1.82) is 0 Å². The van der Waals surface area contributed by atoms with Crippen LogP contribution in [0, 0.1) is 10.1 Å². The zero-order valence-electron chi connectivity index (χ0n) is 13.3. The van der Waals surface area contributed by atoms with Crippen LogP contribution in [0.15, 0.2) is 42.7 Å². The van der Waals surface area contributed by atoms with E-state index in [2.05, 4.69) is 4.98 Å². The van der Waals surface area contributed by atoms with E-state index in [-0.39, 0.29) is 11.6 Å². The summed E-state index contributed by atoms with van der Waals surface area (Å²) in [7, 11) is 5.25. The Morgan fingerprint density at radius 3 is 2.39 bits per heavy atom. The molecule has 0 aliphatic rings. The Hall–Kier alpha value is -2.96. The summed E-state index contributed by atoms with van der Waals surface area (Å²) in [5.74, 6) is -0.269. The summed E-state index contributed by atoms with van der Waals surface area (Å²) in [4.78, 5) is 30.4. The molecule has 0 aliphatic heterocycles. The van der Waals surface area contributed by atoms with Gasteiger partial charge in [-0.15, -0.1) is 0 Å². The highest BCUT2D eigenvalue weighted by Gasteiger charge is 2.20. The molecule has 0 aliphatic carbocycles. The average Bonchev–Trinajstić information content (AvgIpc) is 2.54. The molecule has 23 heavy (non-hydrogen) atoms. The Labute approximate surface area is 134 Å². The molecule has 120 valence electrons. The molecule has 0 bridgehead atoms. The van der Waals surface area contributed by atoms with Crippen LogP contribution in [0.3, 0.4) is 0 Å². The number of benzene rings is 1. The molecule has 0 radical (unpaired) electrons. The lowest BCUT2D eigenvalue weighted by Crippen LogP contribution is -2.28. The van der Waals surface area contributed by atoms with E-state index >= 15 is 0 Å². The summed E-state index contributed by atoms with van der Waals surface area (Å²) in [6.07, 6.45) is 3.32. The largest absolute Gasteiger partial charge is 0.377 e. The highest BCUT2D eigenvalue weighted by atomic mass is 16.6. The Bertz CT molecular complexity index is 717. The van der Waals surface area contributed by atoms with Crippen LogP contribution in [0.25, 0.3) is 0 Å². The normalized spacial score (nSPS) is 10.2. The molecule has 1 aromatic carbocycles. The number of hydrogen-bond donors (Lipinski definition) is 0. The molecule has 2 rings (SSSR count). The van der Waals surface area contributed by atoms with Gasteiger partial charge in [0.15, 0.2) is 0 Å². The molecule has 2 aromatic rings. The van der Waals surface area contributed by atoms with Crippen LogP contribution in [0.5, 0.6) is 0 Å². The van der Waals surface area contributed by atoms with E-state index in [0.29, 0.717) is 17.8 Å². The van der Waals surface area contributed by atoms with Crippen molar-refractivity contribution in [3.05, 3.63) is 64.0 Å². The minimum absolute atomic E-state index is 0.101.